The van der Waals surface area contributed by atoms with E-state index in [1.54, 1.807) is 0 Å². The number of aryl methyl sites for hydroxylation is 1. The van der Waals surface area contributed by atoms with Crippen molar-refractivity contribution in [3.63, 3.8) is 0 Å². The molecule has 0 saturated carbocycles. The van der Waals surface area contributed by atoms with E-state index < -0.39 is 0 Å². The average molecular weight is 343 g/mol. The van der Waals surface area contributed by atoms with Gasteiger partial charge in [-0.3, -0.25) is 4.79 Å². The van der Waals surface area contributed by atoms with Crippen LogP contribution < -0.4 is 0 Å². The second kappa shape index (κ2) is 7.10. The number of nitrogens with zero attached hydrogens (tertiary/aromatic N) is 3. The Kier molecular flexibility index (Phi) is 4.93. The van der Waals surface area contributed by atoms with Crippen LogP contribution >= 0.6 is 23.1 Å². The van der Waals surface area contributed by atoms with Gasteiger partial charge in [-0.1, -0.05) is 42.1 Å². The standard InChI is InChI=1S/C17H17N3OS2/c1-12-8-9-15(23-12)14(21)11-22-17-19-18-16(20(17)2)10-13-6-4-3-5-7-13/h3-9H,10-11H2,1-2H3. The highest BCUT2D eigenvalue weighted by Gasteiger charge is 2.13. The molecule has 0 aliphatic rings. The molecule has 2 aromatic heterocycles. The zero-order chi connectivity index (χ0) is 16.2. The van der Waals surface area contributed by atoms with E-state index in [0.717, 1.165) is 27.2 Å². The van der Waals surface area contributed by atoms with E-state index in [0.29, 0.717) is 5.75 Å². The zero-order valence-electron chi connectivity index (χ0n) is 13.0. The minimum absolute atomic E-state index is 0.140. The summed E-state index contributed by atoms with van der Waals surface area (Å²) in [5, 5.41) is 9.23. The van der Waals surface area contributed by atoms with Crippen LogP contribution in [-0.4, -0.2) is 26.3 Å². The maximum absolute atomic E-state index is 12.2. The number of benzene rings is 1. The van der Waals surface area contributed by atoms with Crippen molar-refractivity contribution in [1.29, 1.82) is 0 Å². The summed E-state index contributed by atoms with van der Waals surface area (Å²) in [6, 6.07) is 14.0. The highest BCUT2D eigenvalue weighted by atomic mass is 32.2. The number of carbonyl (C=O) groups excluding carboxylic acids is 1. The Morgan fingerprint density at radius 2 is 1.96 bits per heavy atom. The highest BCUT2D eigenvalue weighted by Crippen LogP contribution is 2.21. The van der Waals surface area contributed by atoms with Crippen LogP contribution in [0.3, 0.4) is 0 Å². The van der Waals surface area contributed by atoms with Crippen LogP contribution in [0.25, 0.3) is 0 Å². The van der Waals surface area contributed by atoms with Crippen molar-refractivity contribution in [2.45, 2.75) is 18.5 Å². The van der Waals surface area contributed by atoms with Crippen molar-refractivity contribution in [2.24, 2.45) is 7.05 Å². The summed E-state index contributed by atoms with van der Waals surface area (Å²) >= 11 is 2.97. The Labute approximate surface area is 143 Å². The fraction of sp³-hybridized carbons (Fsp3) is 0.235. The monoisotopic (exact) mass is 343 g/mol. The van der Waals surface area contributed by atoms with E-state index >= 15 is 0 Å². The van der Waals surface area contributed by atoms with Crippen LogP contribution in [0.4, 0.5) is 0 Å². The van der Waals surface area contributed by atoms with Crippen LogP contribution in [0.5, 0.6) is 0 Å². The third-order valence-electron chi connectivity index (χ3n) is 3.48. The van der Waals surface area contributed by atoms with E-state index in [1.807, 2.05) is 48.9 Å². The molecule has 0 spiro atoms. The predicted molar refractivity (Wildman–Crippen MR) is 94.4 cm³/mol. The first kappa shape index (κ1) is 16.0. The molecular weight excluding hydrogens is 326 g/mol. The zero-order valence-corrected chi connectivity index (χ0v) is 14.7. The van der Waals surface area contributed by atoms with Crippen LogP contribution in [-0.2, 0) is 13.5 Å². The van der Waals surface area contributed by atoms with Crippen LogP contribution in [0, 0.1) is 6.92 Å². The number of hydrogen-bond donors (Lipinski definition) is 0. The summed E-state index contributed by atoms with van der Waals surface area (Å²) < 4.78 is 1.96. The molecule has 4 nitrogen and oxygen atoms in total. The minimum Gasteiger partial charge on any atom is -0.309 e. The molecule has 0 aliphatic heterocycles. The highest BCUT2D eigenvalue weighted by molar-refractivity contribution is 7.99. The lowest BCUT2D eigenvalue weighted by Crippen LogP contribution is -2.03. The fourth-order valence-corrected chi connectivity index (χ4v) is 3.90. The smallest absolute Gasteiger partial charge is 0.191 e. The molecule has 3 aromatic rings. The van der Waals surface area contributed by atoms with Crippen LogP contribution in [0.15, 0.2) is 47.6 Å². The van der Waals surface area contributed by atoms with Gasteiger partial charge in [0, 0.05) is 18.3 Å². The van der Waals surface area contributed by atoms with Gasteiger partial charge in [0.15, 0.2) is 10.9 Å². The predicted octanol–water partition coefficient (Wildman–Crippen LogP) is 3.75. The number of thiophene rings is 1. The molecule has 0 amide bonds. The van der Waals surface area contributed by atoms with Gasteiger partial charge in [-0.15, -0.1) is 21.5 Å². The van der Waals surface area contributed by atoms with Gasteiger partial charge < -0.3 is 4.57 Å². The van der Waals surface area contributed by atoms with Gasteiger partial charge in [-0.2, -0.15) is 0 Å². The molecule has 3 rings (SSSR count). The Morgan fingerprint density at radius 1 is 1.17 bits per heavy atom. The third-order valence-corrected chi connectivity index (χ3v) is 5.54. The average Bonchev–Trinajstić information content (AvgIpc) is 3.14. The number of thioether (sulfide) groups is 1. The van der Waals surface area contributed by atoms with Crippen LogP contribution in [0.1, 0.15) is 25.9 Å². The lowest BCUT2D eigenvalue weighted by atomic mass is 10.1. The molecule has 2 heterocycles. The first-order valence-electron chi connectivity index (χ1n) is 7.28. The lowest BCUT2D eigenvalue weighted by Gasteiger charge is -2.03. The van der Waals surface area contributed by atoms with Crippen molar-refractivity contribution in [2.75, 3.05) is 5.75 Å². The Bertz CT molecular complexity index is 808. The molecule has 6 heteroatoms. The van der Waals surface area contributed by atoms with E-state index in [2.05, 4.69) is 22.3 Å². The van der Waals surface area contributed by atoms with Crippen molar-refractivity contribution in [1.82, 2.24) is 14.8 Å². The van der Waals surface area contributed by atoms with Crippen molar-refractivity contribution < 1.29 is 4.79 Å². The Hall–Kier alpha value is -1.92. The molecule has 23 heavy (non-hydrogen) atoms. The lowest BCUT2D eigenvalue weighted by molar-refractivity contribution is 0.102. The van der Waals surface area contributed by atoms with E-state index in [1.165, 1.54) is 28.7 Å². The van der Waals surface area contributed by atoms with E-state index in [-0.39, 0.29) is 5.78 Å². The minimum atomic E-state index is 0.140. The Morgan fingerprint density at radius 3 is 2.65 bits per heavy atom. The van der Waals surface area contributed by atoms with Gasteiger partial charge in [0.2, 0.25) is 0 Å². The Balaban J connectivity index is 1.64. The number of ketones is 1. The van der Waals surface area contributed by atoms with Gasteiger partial charge in [0.05, 0.1) is 10.6 Å². The van der Waals surface area contributed by atoms with Crippen molar-refractivity contribution in [3.8, 4) is 0 Å². The molecule has 1 aromatic carbocycles. The molecular formula is C17H17N3OS2. The second-order valence-corrected chi connectivity index (χ2v) is 7.47. The first-order valence-corrected chi connectivity index (χ1v) is 9.08. The largest absolute Gasteiger partial charge is 0.309 e. The number of carbonyl (C=O) groups is 1. The fourth-order valence-electron chi connectivity index (χ4n) is 2.19. The SMILES string of the molecule is Cc1ccc(C(=O)CSc2nnc(Cc3ccccc3)n2C)s1. The summed E-state index contributed by atoms with van der Waals surface area (Å²) in [6.45, 7) is 2.01. The topological polar surface area (TPSA) is 47.8 Å². The molecule has 0 bridgehead atoms. The maximum Gasteiger partial charge on any atom is 0.191 e. The molecule has 0 saturated heterocycles. The first-order chi connectivity index (χ1) is 11.1. The summed E-state index contributed by atoms with van der Waals surface area (Å²) in [5.41, 5.74) is 1.20. The maximum atomic E-state index is 12.2. The van der Waals surface area contributed by atoms with Crippen molar-refractivity contribution in [3.05, 3.63) is 63.6 Å². The normalized spacial score (nSPS) is 10.9. The summed E-state index contributed by atoms with van der Waals surface area (Å²) in [4.78, 5) is 14.1. The van der Waals surface area contributed by atoms with Gasteiger partial charge in [-0.25, -0.2) is 0 Å². The summed E-state index contributed by atoms with van der Waals surface area (Å²) in [6.07, 6.45) is 0.739. The van der Waals surface area contributed by atoms with Gasteiger partial charge in [-0.05, 0) is 24.6 Å². The number of Topliss-reactive ketones (excluding diaryl/α,β-unsaturated/α-hetero) is 1. The van der Waals surface area contributed by atoms with Gasteiger partial charge in [0.25, 0.3) is 0 Å². The van der Waals surface area contributed by atoms with Gasteiger partial charge in [0.1, 0.15) is 5.82 Å². The van der Waals surface area contributed by atoms with E-state index in [9.17, 15) is 4.79 Å². The van der Waals surface area contributed by atoms with E-state index in [4.69, 9.17) is 0 Å². The summed E-state index contributed by atoms with van der Waals surface area (Å²) in [7, 11) is 1.94. The molecule has 0 atom stereocenters. The number of hydrogen-bond acceptors (Lipinski definition) is 5. The molecule has 118 valence electrons. The number of rotatable bonds is 6. The van der Waals surface area contributed by atoms with Gasteiger partial charge >= 0.3 is 0 Å². The van der Waals surface area contributed by atoms with Crippen LogP contribution in [0.2, 0.25) is 0 Å². The molecule has 0 aliphatic carbocycles. The van der Waals surface area contributed by atoms with Crippen molar-refractivity contribution >= 4 is 28.9 Å². The molecule has 0 N–H and O–H groups in total. The molecule has 0 unspecified atom stereocenters. The number of aromatic nitrogens is 3. The molecule has 0 fully saturated rings. The summed E-state index contributed by atoms with van der Waals surface area (Å²) in [5.74, 6) is 1.43. The second-order valence-electron chi connectivity index (χ2n) is 5.24. The quantitative estimate of drug-likeness (QED) is 0.505. The molecule has 0 radical (unpaired) electrons. The third kappa shape index (κ3) is 3.89.